The van der Waals surface area contributed by atoms with Gasteiger partial charge in [0.15, 0.2) is 0 Å². The third kappa shape index (κ3) is 6.73. The van der Waals surface area contributed by atoms with Crippen molar-refractivity contribution < 1.29 is 9.18 Å². The molecule has 0 saturated carbocycles. The van der Waals surface area contributed by atoms with E-state index in [0.29, 0.717) is 22.9 Å². The Bertz CT molecular complexity index is 787. The molecule has 0 atom stereocenters. The molecule has 0 aliphatic carbocycles. The van der Waals surface area contributed by atoms with Crippen molar-refractivity contribution in [3.05, 3.63) is 70.0 Å². The third-order valence-corrected chi connectivity index (χ3v) is 6.68. The van der Waals surface area contributed by atoms with Crippen LogP contribution in [-0.4, -0.2) is 36.2 Å². The smallest absolute Gasteiger partial charge is 0.223 e. The summed E-state index contributed by atoms with van der Waals surface area (Å²) < 4.78 is 13.7. The first-order valence-electron chi connectivity index (χ1n) is 10.1. The Morgan fingerprint density at radius 1 is 1.21 bits per heavy atom. The zero-order valence-electron chi connectivity index (χ0n) is 16.8. The van der Waals surface area contributed by atoms with E-state index in [9.17, 15) is 9.18 Å². The zero-order valence-corrected chi connectivity index (χ0v) is 18.4. The number of nitrogens with zero attached hydrogens (tertiary/aromatic N) is 1. The number of likely N-dealkylation sites (tertiary alicyclic amines) is 1. The molecule has 6 heteroatoms. The molecule has 1 aliphatic heterocycles. The van der Waals surface area contributed by atoms with Gasteiger partial charge in [-0.25, -0.2) is 4.39 Å². The number of hydrogen-bond donors (Lipinski definition) is 1. The molecule has 1 N–H and O–H groups in total. The van der Waals surface area contributed by atoms with Crippen LogP contribution in [0.1, 0.15) is 29.5 Å². The van der Waals surface area contributed by atoms with E-state index in [0.717, 1.165) is 38.2 Å². The molecule has 0 bridgehead atoms. The average Bonchev–Trinajstić information content (AvgIpc) is 2.72. The lowest BCUT2D eigenvalue weighted by molar-refractivity contribution is -0.126. The predicted molar refractivity (Wildman–Crippen MR) is 120 cm³/mol. The van der Waals surface area contributed by atoms with Gasteiger partial charge in [-0.2, -0.15) is 11.8 Å². The summed E-state index contributed by atoms with van der Waals surface area (Å²) >= 11 is 7.62. The molecule has 0 unspecified atom stereocenters. The summed E-state index contributed by atoms with van der Waals surface area (Å²) in [6.07, 6.45) is 1.80. The summed E-state index contributed by atoms with van der Waals surface area (Å²) in [5.74, 6) is 1.22. The number of thioether (sulfide) groups is 1. The van der Waals surface area contributed by atoms with Crippen molar-refractivity contribution in [1.82, 2.24) is 10.2 Å². The van der Waals surface area contributed by atoms with Gasteiger partial charge in [-0.05, 0) is 50.6 Å². The number of nitrogens with one attached hydrogen (secondary N) is 1. The van der Waals surface area contributed by atoms with Gasteiger partial charge in [-0.1, -0.05) is 47.5 Å². The Kier molecular flexibility index (Phi) is 8.40. The summed E-state index contributed by atoms with van der Waals surface area (Å²) in [6, 6.07) is 13.4. The lowest BCUT2D eigenvalue weighted by atomic mass is 9.95. The number of carbonyl (C=O) groups excluding carboxylic acids is 1. The number of piperidine rings is 1. The van der Waals surface area contributed by atoms with Gasteiger partial charge < -0.3 is 5.32 Å². The molecule has 0 radical (unpaired) electrons. The maximum atomic E-state index is 13.7. The fourth-order valence-electron chi connectivity index (χ4n) is 3.54. The molecule has 2 aromatic carbocycles. The summed E-state index contributed by atoms with van der Waals surface area (Å²) in [4.78, 5) is 14.8. The van der Waals surface area contributed by atoms with E-state index in [1.54, 1.807) is 23.9 Å². The second-order valence-electron chi connectivity index (χ2n) is 7.58. The van der Waals surface area contributed by atoms with E-state index in [1.807, 2.05) is 0 Å². The molecule has 3 nitrogen and oxygen atoms in total. The fraction of sp³-hybridized carbons (Fsp3) is 0.435. The molecule has 0 aromatic heterocycles. The summed E-state index contributed by atoms with van der Waals surface area (Å²) in [6.45, 7) is 5.55. The molecule has 3 rings (SSSR count). The lowest BCUT2D eigenvalue weighted by Gasteiger charge is -2.31. The SMILES string of the molecule is Cc1ccc(CN2CCC(C(=O)NCCSCc3c(F)cccc3Cl)CC2)cc1. The molecule has 156 valence electrons. The van der Waals surface area contributed by atoms with Crippen LogP contribution in [0.25, 0.3) is 0 Å². The molecule has 1 aliphatic rings. The molecule has 1 heterocycles. The summed E-state index contributed by atoms with van der Waals surface area (Å²) in [5.41, 5.74) is 3.14. The van der Waals surface area contributed by atoms with Crippen LogP contribution >= 0.6 is 23.4 Å². The van der Waals surface area contributed by atoms with Crippen molar-refractivity contribution in [2.45, 2.75) is 32.1 Å². The largest absolute Gasteiger partial charge is 0.355 e. The molecule has 29 heavy (non-hydrogen) atoms. The average molecular weight is 435 g/mol. The Hall–Kier alpha value is -1.56. The Morgan fingerprint density at radius 3 is 2.62 bits per heavy atom. The number of rotatable bonds is 8. The van der Waals surface area contributed by atoms with Crippen molar-refractivity contribution in [3.63, 3.8) is 0 Å². The number of hydrogen-bond acceptors (Lipinski definition) is 3. The van der Waals surface area contributed by atoms with Crippen LogP contribution in [0.4, 0.5) is 4.39 Å². The van der Waals surface area contributed by atoms with Crippen LogP contribution in [0, 0.1) is 18.7 Å². The quantitative estimate of drug-likeness (QED) is 0.590. The number of aryl methyl sites for hydroxylation is 1. The first kappa shape index (κ1) is 22.1. The van der Waals surface area contributed by atoms with Gasteiger partial charge in [0.25, 0.3) is 0 Å². The van der Waals surface area contributed by atoms with Gasteiger partial charge >= 0.3 is 0 Å². The van der Waals surface area contributed by atoms with Crippen LogP contribution < -0.4 is 5.32 Å². The number of amides is 1. The first-order chi connectivity index (χ1) is 14.0. The van der Waals surface area contributed by atoms with Crippen LogP contribution in [0.2, 0.25) is 5.02 Å². The van der Waals surface area contributed by atoms with Crippen molar-refractivity contribution in [1.29, 1.82) is 0 Å². The van der Waals surface area contributed by atoms with E-state index < -0.39 is 0 Å². The highest BCUT2D eigenvalue weighted by Gasteiger charge is 2.24. The number of carbonyl (C=O) groups is 1. The van der Waals surface area contributed by atoms with Crippen LogP contribution in [-0.2, 0) is 17.1 Å². The van der Waals surface area contributed by atoms with Crippen molar-refractivity contribution in [2.24, 2.45) is 5.92 Å². The Morgan fingerprint density at radius 2 is 1.93 bits per heavy atom. The first-order valence-corrected chi connectivity index (χ1v) is 11.6. The standard InChI is InChI=1S/C23H28ClFN2OS/c1-17-5-7-18(8-6-17)15-27-12-9-19(10-13-27)23(28)26-11-14-29-16-20-21(24)3-2-4-22(20)25/h2-8,19H,9-16H2,1H3,(H,26,28). The molecule has 2 aromatic rings. The van der Waals surface area contributed by atoms with Gasteiger partial charge in [0, 0.05) is 41.1 Å². The van der Waals surface area contributed by atoms with Crippen molar-refractivity contribution in [2.75, 3.05) is 25.4 Å². The minimum atomic E-state index is -0.272. The van der Waals surface area contributed by atoms with Gasteiger partial charge in [-0.15, -0.1) is 0 Å². The number of benzene rings is 2. The topological polar surface area (TPSA) is 32.3 Å². The van der Waals surface area contributed by atoms with E-state index in [4.69, 9.17) is 11.6 Å². The maximum absolute atomic E-state index is 13.7. The molecule has 1 fully saturated rings. The van der Waals surface area contributed by atoms with E-state index in [1.165, 1.54) is 17.2 Å². The van der Waals surface area contributed by atoms with Crippen LogP contribution in [0.5, 0.6) is 0 Å². The highest BCUT2D eigenvalue weighted by molar-refractivity contribution is 7.98. The molecule has 1 amide bonds. The van der Waals surface area contributed by atoms with Gasteiger partial charge in [-0.3, -0.25) is 9.69 Å². The summed E-state index contributed by atoms with van der Waals surface area (Å²) in [7, 11) is 0. The molecule has 1 saturated heterocycles. The highest BCUT2D eigenvalue weighted by atomic mass is 35.5. The second-order valence-corrected chi connectivity index (χ2v) is 9.09. The van der Waals surface area contributed by atoms with E-state index >= 15 is 0 Å². The van der Waals surface area contributed by atoms with Crippen LogP contribution in [0.15, 0.2) is 42.5 Å². The predicted octanol–water partition coefficient (Wildman–Crippen LogP) is 5.05. The highest BCUT2D eigenvalue weighted by Crippen LogP contribution is 2.24. The minimum Gasteiger partial charge on any atom is -0.355 e. The van der Waals surface area contributed by atoms with Crippen molar-refractivity contribution in [3.8, 4) is 0 Å². The molecular formula is C23H28ClFN2OS. The molecule has 0 spiro atoms. The Labute approximate surface area is 182 Å². The van der Waals surface area contributed by atoms with Gasteiger partial charge in [0.1, 0.15) is 5.82 Å². The zero-order chi connectivity index (χ0) is 20.6. The summed E-state index contributed by atoms with van der Waals surface area (Å²) in [5, 5.41) is 3.49. The van der Waals surface area contributed by atoms with Crippen LogP contribution in [0.3, 0.4) is 0 Å². The van der Waals surface area contributed by atoms with Crippen molar-refractivity contribution >= 4 is 29.3 Å². The minimum absolute atomic E-state index is 0.0929. The number of halogens is 2. The lowest BCUT2D eigenvalue weighted by Crippen LogP contribution is -2.40. The molecular weight excluding hydrogens is 407 g/mol. The van der Waals surface area contributed by atoms with E-state index in [2.05, 4.69) is 41.4 Å². The van der Waals surface area contributed by atoms with E-state index in [-0.39, 0.29) is 17.6 Å². The maximum Gasteiger partial charge on any atom is 0.223 e. The monoisotopic (exact) mass is 434 g/mol. The second kappa shape index (κ2) is 11.0. The fourth-order valence-corrected chi connectivity index (χ4v) is 4.74. The van der Waals surface area contributed by atoms with Gasteiger partial charge in [0.05, 0.1) is 0 Å². The Balaban J connectivity index is 1.32. The normalized spacial score (nSPS) is 15.4. The van der Waals surface area contributed by atoms with Gasteiger partial charge in [0.2, 0.25) is 5.91 Å². The third-order valence-electron chi connectivity index (χ3n) is 5.34.